The molecule has 2 aromatic rings. The fourth-order valence-corrected chi connectivity index (χ4v) is 11.9. The van der Waals surface area contributed by atoms with E-state index in [1.165, 1.54) is 38.5 Å². The lowest BCUT2D eigenvalue weighted by atomic mass is 9.92. The van der Waals surface area contributed by atoms with Gasteiger partial charge in [-0.05, 0) is 125 Å². The Balaban J connectivity index is 0.000000211. The molecule has 4 aliphatic heterocycles. The molecule has 0 spiro atoms. The van der Waals surface area contributed by atoms with Crippen LogP contribution in [0.15, 0.2) is 0 Å². The lowest BCUT2D eigenvalue weighted by Gasteiger charge is -2.33. The summed E-state index contributed by atoms with van der Waals surface area (Å²) in [6, 6.07) is 0.285. The second-order valence-corrected chi connectivity index (χ2v) is 21.1. The number of halogens is 4. The molecule has 6 heterocycles. The molecule has 0 aromatic carbocycles. The molecule has 2 aromatic heterocycles. The van der Waals surface area contributed by atoms with Gasteiger partial charge in [0, 0.05) is 51.4 Å². The minimum Gasteiger partial charge on any atom is -0.465 e. The molecule has 4 saturated heterocycles. The summed E-state index contributed by atoms with van der Waals surface area (Å²) in [5, 5.41) is 22.4. The number of amides is 4. The summed E-state index contributed by atoms with van der Waals surface area (Å²) in [4.78, 5) is 72.9. The van der Waals surface area contributed by atoms with E-state index >= 15 is 8.78 Å². The lowest BCUT2D eigenvalue weighted by Crippen LogP contribution is -2.43. The van der Waals surface area contributed by atoms with Crippen LogP contribution < -0.4 is 42.1 Å². The van der Waals surface area contributed by atoms with Gasteiger partial charge in [-0.15, -0.1) is 0 Å². The second kappa shape index (κ2) is 27.5. The fraction of sp³-hybridized carbons (Fsp3) is 0.750. The van der Waals surface area contributed by atoms with E-state index in [-0.39, 0.29) is 59.0 Å². The maximum Gasteiger partial charge on any atom is 0.404 e. The summed E-state index contributed by atoms with van der Waals surface area (Å²) < 4.78 is 31.1. The highest BCUT2D eigenvalue weighted by Gasteiger charge is 2.34. The number of hydrazine groups is 2. The van der Waals surface area contributed by atoms with E-state index in [1.54, 1.807) is 0 Å². The highest BCUT2D eigenvalue weighted by Crippen LogP contribution is 2.35. The van der Waals surface area contributed by atoms with E-state index < -0.39 is 47.5 Å². The van der Waals surface area contributed by atoms with Crippen molar-refractivity contribution < 1.29 is 38.2 Å². The van der Waals surface area contributed by atoms with Crippen LogP contribution in [0.3, 0.4) is 0 Å². The van der Waals surface area contributed by atoms with E-state index in [1.807, 2.05) is 9.80 Å². The topological polar surface area (TPSA) is 245 Å². The van der Waals surface area contributed by atoms with E-state index in [9.17, 15) is 19.2 Å². The van der Waals surface area contributed by atoms with Gasteiger partial charge in [-0.2, -0.15) is 28.7 Å². The molecule has 20 nitrogen and oxygen atoms in total. The fourth-order valence-electron chi connectivity index (χ4n) is 11.6. The third-order valence-corrected chi connectivity index (χ3v) is 15.6. The number of anilines is 4. The van der Waals surface area contributed by atoms with E-state index in [4.69, 9.17) is 33.4 Å². The smallest absolute Gasteiger partial charge is 0.404 e. The van der Waals surface area contributed by atoms with Crippen LogP contribution in [0.1, 0.15) is 128 Å². The summed E-state index contributed by atoms with van der Waals surface area (Å²) >= 11 is 12.3. The Morgan fingerprint density at radius 2 is 0.903 bits per heavy atom. The number of nitrogens with one attached hydrogen (secondary N) is 6. The van der Waals surface area contributed by atoms with Gasteiger partial charge in [-0.3, -0.25) is 31.3 Å². The molecule has 6 aliphatic rings. The zero-order valence-corrected chi connectivity index (χ0v) is 42.8. The summed E-state index contributed by atoms with van der Waals surface area (Å²) in [6.07, 6.45) is 18.4. The highest BCUT2D eigenvalue weighted by atomic mass is 35.5. The third-order valence-electron chi connectivity index (χ3n) is 15.3. The van der Waals surface area contributed by atoms with Crippen molar-refractivity contribution in [2.75, 3.05) is 86.1 Å². The Hall–Kier alpha value is -4.80. The van der Waals surface area contributed by atoms with Crippen LogP contribution in [0.5, 0.6) is 0 Å². The molecule has 24 heteroatoms. The summed E-state index contributed by atoms with van der Waals surface area (Å²) in [6.45, 7) is 7.32. The lowest BCUT2D eigenvalue weighted by molar-refractivity contribution is -0.125. The van der Waals surface area contributed by atoms with Crippen LogP contribution >= 0.6 is 23.2 Å². The van der Waals surface area contributed by atoms with Crippen molar-refractivity contribution >= 4 is 70.5 Å². The number of nitrogens with zero attached hydrogens (tertiary/aromatic N) is 8. The summed E-state index contributed by atoms with van der Waals surface area (Å²) in [5.74, 6) is -2.70. The third kappa shape index (κ3) is 16.1. The molecule has 2 aliphatic carbocycles. The van der Waals surface area contributed by atoms with Crippen LogP contribution in [0.25, 0.3) is 0 Å². The largest absolute Gasteiger partial charge is 0.465 e. The number of carboxylic acid groups (broad SMARTS) is 2. The maximum atomic E-state index is 15.5. The molecular formula is C48H74Cl2F2N14O6. The van der Waals surface area contributed by atoms with Crippen LogP contribution in [-0.4, -0.2) is 141 Å². The standard InChI is InChI=1S/2C24H37ClFN7O3/c2*25-23-28-20(30-31-22(34)17(14-27-24(35)36)13-16-7-2-3-8-16)19(26)21(29-23)33-12-6-9-18(33)15-32-10-4-1-5-11-32/h2*16-18,27H,1-15H2,(H,31,34)(H,35,36)(H,28,29,30)/t2*17-,18+/m11/s1. The van der Waals surface area contributed by atoms with Crippen LogP contribution in [0.4, 0.5) is 41.6 Å². The first-order valence-corrected chi connectivity index (χ1v) is 27.1. The van der Waals surface area contributed by atoms with Crippen LogP contribution in [0, 0.1) is 35.3 Å². The second-order valence-electron chi connectivity index (χ2n) is 20.4. The highest BCUT2D eigenvalue weighted by molar-refractivity contribution is 6.28. The summed E-state index contributed by atoms with van der Waals surface area (Å²) in [7, 11) is 0. The predicted octanol–water partition coefficient (Wildman–Crippen LogP) is 7.26. The number of aromatic nitrogens is 4. The van der Waals surface area contributed by atoms with Crippen molar-refractivity contribution in [2.45, 2.75) is 141 Å². The quantitative estimate of drug-likeness (QED) is 0.0480. The first-order valence-electron chi connectivity index (χ1n) is 26.3. The van der Waals surface area contributed by atoms with Gasteiger partial charge < -0.3 is 40.4 Å². The molecule has 6 fully saturated rings. The maximum absolute atomic E-state index is 15.5. The van der Waals surface area contributed by atoms with Gasteiger partial charge in [0.1, 0.15) is 0 Å². The average molecular weight is 1050 g/mol. The number of rotatable bonds is 20. The number of likely N-dealkylation sites (tertiary alicyclic amines) is 2. The Morgan fingerprint density at radius 1 is 0.528 bits per heavy atom. The molecule has 400 valence electrons. The van der Waals surface area contributed by atoms with Crippen molar-refractivity contribution in [1.82, 2.24) is 51.2 Å². The monoisotopic (exact) mass is 1050 g/mol. The Kier molecular flexibility index (Phi) is 21.0. The number of hydrogen-bond donors (Lipinski definition) is 8. The van der Waals surface area contributed by atoms with Gasteiger partial charge in [-0.25, -0.2) is 9.59 Å². The zero-order valence-electron chi connectivity index (χ0n) is 41.3. The van der Waals surface area contributed by atoms with Gasteiger partial charge in [0.05, 0.1) is 11.8 Å². The predicted molar refractivity (Wildman–Crippen MR) is 271 cm³/mol. The minimum absolute atomic E-state index is 0.0104. The molecule has 0 unspecified atom stereocenters. The Morgan fingerprint density at radius 3 is 1.26 bits per heavy atom. The SMILES string of the molecule is O=C(O)NC[C@@H](CC1CCCC1)C(=O)NNc1nc(Cl)nc(N2CCC[C@H]2CN2CCCCC2)c1F.O=C(O)NC[C@@H](CC1CCCC1)C(=O)NNc1nc(Cl)nc(N2CCC[C@H]2CN2CCCCC2)c1F. The van der Waals surface area contributed by atoms with Crippen LogP contribution in [0.2, 0.25) is 10.6 Å². The Bertz CT molecular complexity index is 1970. The molecule has 2 saturated carbocycles. The molecule has 8 rings (SSSR count). The minimum atomic E-state index is -1.19. The van der Waals surface area contributed by atoms with Crippen molar-refractivity contribution in [2.24, 2.45) is 23.7 Å². The van der Waals surface area contributed by atoms with E-state index in [2.05, 4.69) is 62.1 Å². The first kappa shape index (κ1) is 55.0. The van der Waals surface area contributed by atoms with Crippen molar-refractivity contribution in [3.8, 4) is 0 Å². The number of piperidine rings is 2. The Labute approximate surface area is 430 Å². The normalized spacial score (nSPS) is 21.9. The van der Waals surface area contributed by atoms with Gasteiger partial charge in [0.25, 0.3) is 0 Å². The average Bonchev–Trinajstić information content (AvgIpc) is 4.23. The molecule has 4 atom stereocenters. The van der Waals surface area contributed by atoms with Gasteiger partial charge >= 0.3 is 12.2 Å². The number of carbonyl (C=O) groups excluding carboxylic acids is 2. The molecule has 4 amide bonds. The molecule has 0 radical (unpaired) electrons. The van der Waals surface area contributed by atoms with Crippen molar-refractivity contribution in [3.05, 3.63) is 22.2 Å². The first-order chi connectivity index (χ1) is 34.8. The van der Waals surface area contributed by atoms with Gasteiger partial charge in [0.2, 0.25) is 34.0 Å². The van der Waals surface area contributed by atoms with E-state index in [0.717, 1.165) is 116 Å². The van der Waals surface area contributed by atoms with Crippen LogP contribution in [-0.2, 0) is 9.59 Å². The number of carbonyl (C=O) groups is 4. The summed E-state index contributed by atoms with van der Waals surface area (Å²) in [5.41, 5.74) is 10.2. The molecule has 8 N–H and O–H groups in total. The molecule has 0 bridgehead atoms. The van der Waals surface area contributed by atoms with Gasteiger partial charge in [-0.1, -0.05) is 64.2 Å². The molecular weight excluding hydrogens is 978 g/mol. The van der Waals surface area contributed by atoms with E-state index in [0.29, 0.717) is 37.8 Å². The van der Waals surface area contributed by atoms with Gasteiger partial charge in [0.15, 0.2) is 23.3 Å². The zero-order chi connectivity index (χ0) is 51.0. The molecule has 72 heavy (non-hydrogen) atoms. The number of hydrogen-bond acceptors (Lipinski definition) is 14. The van der Waals surface area contributed by atoms with Crippen molar-refractivity contribution in [3.63, 3.8) is 0 Å². The van der Waals surface area contributed by atoms with Crippen molar-refractivity contribution in [1.29, 1.82) is 0 Å².